The second-order valence-electron chi connectivity index (χ2n) is 0. The molecule has 0 unspecified atom stereocenters. The van der Waals surface area contributed by atoms with Crippen LogP contribution in [0.15, 0.2) is 0 Å². The molecule has 0 aromatic heterocycles. The predicted octanol–water partition coefficient (Wildman–Crippen LogP) is -15.0. The van der Waals surface area contributed by atoms with E-state index in [1.165, 1.54) is 0 Å². The van der Waals surface area contributed by atoms with E-state index in [1.807, 2.05) is 0 Å². The average Bonchev–Trinajstić information content (AvgIpc) is 0. The van der Waals surface area contributed by atoms with E-state index in [9.17, 15) is 0 Å². The summed E-state index contributed by atoms with van der Waals surface area (Å²) in [5, 5.41) is 0. The Morgan fingerprint density at radius 2 is 0.500 bits per heavy atom. The van der Waals surface area contributed by atoms with E-state index in [1.54, 1.807) is 0 Å². The third kappa shape index (κ3) is 26.1. The zero-order chi connectivity index (χ0) is 0. The van der Waals surface area contributed by atoms with Crippen LogP contribution in [-0.4, -0.2) is 0 Å². The molecule has 6 heteroatoms. The average molecular weight is 282 g/mol. The molecular weight excluding hydrogens is 282 g/mol. The normalized spacial score (nSPS) is 0. The Kier molecular flexibility index (Phi) is 377. The Balaban J connectivity index is 0. The Labute approximate surface area is 118 Å². The SMILES string of the molecule is [Cl-].[Cl-].[Cl-].[Cl-].[K+].[Ru+3]. The maximum absolute atomic E-state index is 0. The Bertz CT molecular complexity index is 7.51. The molecule has 0 N–H and O–H groups in total. The summed E-state index contributed by atoms with van der Waals surface area (Å²) in [7, 11) is 0. The smallest absolute Gasteiger partial charge is 1.00 e. The molecule has 0 spiro atoms. The van der Waals surface area contributed by atoms with E-state index >= 15 is 0 Å². The van der Waals surface area contributed by atoms with Crippen molar-refractivity contribution in [2.45, 2.75) is 0 Å². The van der Waals surface area contributed by atoms with Crippen molar-refractivity contribution in [3.63, 3.8) is 0 Å². The van der Waals surface area contributed by atoms with Crippen molar-refractivity contribution in [1.82, 2.24) is 0 Å². The fourth-order valence-corrected chi connectivity index (χ4v) is 0. The van der Waals surface area contributed by atoms with Crippen LogP contribution in [0, 0.1) is 0 Å². The van der Waals surface area contributed by atoms with Gasteiger partial charge in [-0.15, -0.1) is 0 Å². The van der Waals surface area contributed by atoms with E-state index in [-0.39, 0.29) is 120 Å². The number of rotatable bonds is 0. The molecule has 0 aliphatic rings. The van der Waals surface area contributed by atoms with Crippen LogP contribution in [0.2, 0.25) is 0 Å². The van der Waals surface area contributed by atoms with Gasteiger partial charge < -0.3 is 49.6 Å². The van der Waals surface area contributed by atoms with Gasteiger partial charge in [0.15, 0.2) is 0 Å². The van der Waals surface area contributed by atoms with Gasteiger partial charge in [0, 0.05) is 0 Å². The van der Waals surface area contributed by atoms with Gasteiger partial charge in [0.05, 0.1) is 0 Å². The molecule has 0 amide bonds. The van der Waals surface area contributed by atoms with Crippen LogP contribution < -0.4 is 101 Å². The fourth-order valence-electron chi connectivity index (χ4n) is 0. The minimum atomic E-state index is 0. The second-order valence-corrected chi connectivity index (χ2v) is 0. The maximum Gasteiger partial charge on any atom is 3.00 e. The summed E-state index contributed by atoms with van der Waals surface area (Å²) in [5.74, 6) is 0. The first-order valence-electron chi connectivity index (χ1n) is 0. The van der Waals surface area contributed by atoms with E-state index in [4.69, 9.17) is 0 Å². The first kappa shape index (κ1) is 57.1. The van der Waals surface area contributed by atoms with Gasteiger partial charge in [-0.05, 0) is 0 Å². The third-order valence-corrected chi connectivity index (χ3v) is 0. The molecule has 0 aromatic carbocycles. The Morgan fingerprint density at radius 1 is 0.500 bits per heavy atom. The molecule has 0 saturated heterocycles. The van der Waals surface area contributed by atoms with Crippen molar-refractivity contribution in [2.75, 3.05) is 0 Å². The van der Waals surface area contributed by atoms with Crippen LogP contribution in [-0.2, 0) is 19.5 Å². The van der Waals surface area contributed by atoms with E-state index < -0.39 is 0 Å². The first-order valence-corrected chi connectivity index (χ1v) is 0. The second kappa shape index (κ2) is 39.6. The first-order chi connectivity index (χ1) is 0. The molecule has 0 aromatic rings. The molecule has 0 aliphatic heterocycles. The van der Waals surface area contributed by atoms with Crippen LogP contribution >= 0.6 is 0 Å². The van der Waals surface area contributed by atoms with Crippen LogP contribution in [0.5, 0.6) is 0 Å². The molecule has 0 bridgehead atoms. The molecule has 6 heavy (non-hydrogen) atoms. The molecule has 0 atom stereocenters. The summed E-state index contributed by atoms with van der Waals surface area (Å²) in [5.41, 5.74) is 0. The summed E-state index contributed by atoms with van der Waals surface area (Å²) >= 11 is 0. The molecule has 37 valence electrons. The Hall–Kier alpha value is 3.42. The molecule has 0 heterocycles. The van der Waals surface area contributed by atoms with Gasteiger partial charge in [-0.3, -0.25) is 0 Å². The Morgan fingerprint density at radius 3 is 0.500 bits per heavy atom. The minimum Gasteiger partial charge on any atom is -1.00 e. The molecule has 0 aliphatic carbocycles. The van der Waals surface area contributed by atoms with E-state index in [0.717, 1.165) is 0 Å². The van der Waals surface area contributed by atoms with Crippen molar-refractivity contribution in [1.29, 1.82) is 0 Å². The summed E-state index contributed by atoms with van der Waals surface area (Å²) in [6.07, 6.45) is 0. The van der Waals surface area contributed by atoms with Crippen LogP contribution in [0.3, 0.4) is 0 Å². The molecule has 0 nitrogen and oxygen atoms in total. The molecule has 0 rings (SSSR count). The molecular formula is Cl4KRu. The number of halogens is 4. The maximum atomic E-state index is 0. The van der Waals surface area contributed by atoms with Gasteiger partial charge in [-0.1, -0.05) is 0 Å². The van der Waals surface area contributed by atoms with Crippen molar-refractivity contribution in [3.8, 4) is 0 Å². The fraction of sp³-hybridized carbons (Fsp3) is 0. The number of hydrogen-bond acceptors (Lipinski definition) is 0. The van der Waals surface area contributed by atoms with Gasteiger partial charge in [0.1, 0.15) is 0 Å². The predicted molar refractivity (Wildman–Crippen MR) is 0 cm³/mol. The van der Waals surface area contributed by atoms with Gasteiger partial charge >= 0.3 is 70.9 Å². The van der Waals surface area contributed by atoms with Gasteiger partial charge in [-0.2, -0.15) is 0 Å². The molecule has 0 fully saturated rings. The summed E-state index contributed by atoms with van der Waals surface area (Å²) in [6, 6.07) is 0. The van der Waals surface area contributed by atoms with Crippen molar-refractivity contribution < 1.29 is 120 Å². The topological polar surface area (TPSA) is 0 Å². The van der Waals surface area contributed by atoms with Crippen LogP contribution in [0.4, 0.5) is 0 Å². The zero-order valence-corrected chi connectivity index (χ0v) is 10.8. The van der Waals surface area contributed by atoms with Gasteiger partial charge in [0.25, 0.3) is 0 Å². The summed E-state index contributed by atoms with van der Waals surface area (Å²) < 4.78 is 0. The van der Waals surface area contributed by atoms with Gasteiger partial charge in [0.2, 0.25) is 0 Å². The van der Waals surface area contributed by atoms with E-state index in [0.29, 0.717) is 0 Å². The molecule has 1 radical (unpaired) electrons. The van der Waals surface area contributed by atoms with Crippen molar-refractivity contribution >= 4 is 0 Å². The third-order valence-electron chi connectivity index (χ3n) is 0. The monoisotopic (exact) mass is 281 g/mol. The van der Waals surface area contributed by atoms with Gasteiger partial charge in [-0.25, -0.2) is 0 Å². The standard InChI is InChI=1S/4ClH.K.Ru/h4*1H;;/q;;;;+1;+3/p-4. The van der Waals surface area contributed by atoms with Crippen LogP contribution in [0.1, 0.15) is 0 Å². The number of hydrogen-bond donors (Lipinski definition) is 0. The minimum absolute atomic E-state index is 0. The van der Waals surface area contributed by atoms with Crippen LogP contribution in [0.25, 0.3) is 0 Å². The summed E-state index contributed by atoms with van der Waals surface area (Å²) in [6.45, 7) is 0. The quantitative estimate of drug-likeness (QED) is 0.387. The molecule has 0 saturated carbocycles. The van der Waals surface area contributed by atoms with Crippen molar-refractivity contribution in [2.24, 2.45) is 0 Å². The van der Waals surface area contributed by atoms with Crippen molar-refractivity contribution in [3.05, 3.63) is 0 Å². The summed E-state index contributed by atoms with van der Waals surface area (Å²) in [4.78, 5) is 0. The largest absolute Gasteiger partial charge is 3.00 e. The zero-order valence-electron chi connectivity index (χ0n) is 2.87. The van der Waals surface area contributed by atoms with E-state index in [2.05, 4.69) is 0 Å².